The monoisotopic (exact) mass is 230 g/mol. The minimum atomic E-state index is -0.486. The zero-order valence-electron chi connectivity index (χ0n) is 9.86. The zero-order valence-corrected chi connectivity index (χ0v) is 9.86. The smallest absolute Gasteiger partial charge is 0.265 e. The van der Waals surface area contributed by atoms with Crippen molar-refractivity contribution < 1.29 is 9.53 Å². The molecule has 2 atom stereocenters. The van der Waals surface area contributed by atoms with Gasteiger partial charge in [-0.1, -0.05) is 13.0 Å². The van der Waals surface area contributed by atoms with Crippen LogP contribution >= 0.6 is 0 Å². The van der Waals surface area contributed by atoms with Crippen molar-refractivity contribution in [2.45, 2.75) is 32.3 Å². The molecule has 0 spiro atoms. The van der Waals surface area contributed by atoms with Gasteiger partial charge in [0.05, 0.1) is 17.7 Å². The van der Waals surface area contributed by atoms with Crippen molar-refractivity contribution in [2.24, 2.45) is 0 Å². The van der Waals surface area contributed by atoms with Crippen molar-refractivity contribution in [1.82, 2.24) is 0 Å². The Morgan fingerprint density at radius 3 is 3.00 bits per heavy atom. The molecule has 0 aliphatic carbocycles. The number of nitriles is 1. The average Bonchev–Trinajstić information content (AvgIpc) is 2.32. The van der Waals surface area contributed by atoms with Crippen molar-refractivity contribution in [3.63, 3.8) is 0 Å². The molecule has 1 heterocycles. The maximum atomic E-state index is 11.4. The highest BCUT2D eigenvalue weighted by molar-refractivity contribution is 5.97. The molecule has 1 aromatic rings. The van der Waals surface area contributed by atoms with E-state index in [9.17, 15) is 4.79 Å². The van der Waals surface area contributed by atoms with Crippen LogP contribution in [-0.2, 0) is 4.79 Å². The number of anilines is 1. The molecule has 17 heavy (non-hydrogen) atoms. The van der Waals surface area contributed by atoms with Crippen LogP contribution in [0.4, 0.5) is 5.69 Å². The maximum Gasteiger partial charge on any atom is 0.265 e. The van der Waals surface area contributed by atoms with Gasteiger partial charge >= 0.3 is 0 Å². The third-order valence-corrected chi connectivity index (χ3v) is 2.90. The Labute approximate surface area is 100 Å². The molecule has 1 aliphatic rings. The number of hydrogen-bond donors (Lipinski definition) is 1. The van der Waals surface area contributed by atoms with Crippen LogP contribution in [0.2, 0.25) is 0 Å². The Balaban J connectivity index is 2.35. The first-order valence-corrected chi connectivity index (χ1v) is 5.66. The number of carbonyl (C=O) groups is 1. The predicted octanol–water partition coefficient (Wildman–Crippen LogP) is 2.42. The number of nitrogens with one attached hydrogen (secondary N) is 1. The number of rotatable bonds is 2. The lowest BCUT2D eigenvalue weighted by molar-refractivity contribution is -0.122. The molecular formula is C13H14N2O2. The average molecular weight is 230 g/mol. The van der Waals surface area contributed by atoms with Gasteiger partial charge < -0.3 is 10.1 Å². The summed E-state index contributed by atoms with van der Waals surface area (Å²) < 4.78 is 5.50. The Morgan fingerprint density at radius 1 is 1.59 bits per heavy atom. The fraction of sp³-hybridized carbons (Fsp3) is 0.385. The fourth-order valence-corrected chi connectivity index (χ4v) is 1.84. The molecule has 0 radical (unpaired) electrons. The van der Waals surface area contributed by atoms with Crippen LogP contribution in [0.3, 0.4) is 0 Å². The number of ether oxygens (including phenoxy) is 1. The van der Waals surface area contributed by atoms with E-state index in [1.807, 2.05) is 19.1 Å². The quantitative estimate of drug-likeness (QED) is 0.848. The number of hydrogen-bond acceptors (Lipinski definition) is 3. The SMILES string of the molecule is CCC(C#N)c1ccc2c(c1)OC(C)C(=O)N2. The number of benzene rings is 1. The number of carbonyl (C=O) groups excluding carboxylic acids is 1. The van der Waals surface area contributed by atoms with E-state index < -0.39 is 6.10 Å². The van der Waals surface area contributed by atoms with Gasteiger partial charge in [-0.15, -0.1) is 0 Å². The Bertz CT molecular complexity index is 491. The zero-order chi connectivity index (χ0) is 12.4. The van der Waals surface area contributed by atoms with Crippen molar-refractivity contribution in [1.29, 1.82) is 5.26 Å². The topological polar surface area (TPSA) is 62.1 Å². The van der Waals surface area contributed by atoms with Gasteiger partial charge in [0.2, 0.25) is 0 Å². The van der Waals surface area contributed by atoms with Crippen molar-refractivity contribution in [2.75, 3.05) is 5.32 Å². The van der Waals surface area contributed by atoms with E-state index in [-0.39, 0.29) is 11.8 Å². The van der Waals surface area contributed by atoms with Crippen LogP contribution in [0.15, 0.2) is 18.2 Å². The van der Waals surface area contributed by atoms with Crippen LogP contribution in [0.1, 0.15) is 31.7 Å². The molecule has 4 heteroatoms. The lowest BCUT2D eigenvalue weighted by Gasteiger charge is -2.24. The predicted molar refractivity (Wildman–Crippen MR) is 63.8 cm³/mol. The third-order valence-electron chi connectivity index (χ3n) is 2.90. The highest BCUT2D eigenvalue weighted by Crippen LogP contribution is 2.33. The standard InChI is InChI=1S/C13H14N2O2/c1-3-9(7-14)10-4-5-11-12(6-10)17-8(2)13(16)15-11/h4-6,8-9H,3H2,1-2H3,(H,15,16). The molecule has 0 aromatic heterocycles. The summed E-state index contributed by atoms with van der Waals surface area (Å²) >= 11 is 0. The minimum Gasteiger partial charge on any atom is -0.479 e. The van der Waals surface area contributed by atoms with Gasteiger partial charge in [-0.25, -0.2) is 0 Å². The second-order valence-corrected chi connectivity index (χ2v) is 4.09. The number of amides is 1. The van der Waals surface area contributed by atoms with Gasteiger partial charge in [0.15, 0.2) is 6.10 Å². The van der Waals surface area contributed by atoms with Crippen LogP contribution in [0.25, 0.3) is 0 Å². The summed E-state index contributed by atoms with van der Waals surface area (Å²) in [6.07, 6.45) is 0.275. The van der Waals surface area contributed by atoms with Gasteiger partial charge in [0, 0.05) is 0 Å². The molecule has 1 aromatic carbocycles. The Morgan fingerprint density at radius 2 is 2.35 bits per heavy atom. The molecule has 88 valence electrons. The molecule has 0 saturated heterocycles. The lowest BCUT2D eigenvalue weighted by atomic mass is 9.97. The highest BCUT2D eigenvalue weighted by atomic mass is 16.5. The molecule has 2 rings (SSSR count). The first kappa shape index (κ1) is 11.5. The number of nitrogens with zero attached hydrogens (tertiary/aromatic N) is 1. The summed E-state index contributed by atoms with van der Waals surface area (Å²) in [7, 11) is 0. The third kappa shape index (κ3) is 2.09. The summed E-state index contributed by atoms with van der Waals surface area (Å²) in [5, 5.41) is 11.8. The van der Waals surface area contributed by atoms with Crippen LogP contribution in [-0.4, -0.2) is 12.0 Å². The molecular weight excluding hydrogens is 216 g/mol. The van der Waals surface area contributed by atoms with Gasteiger partial charge in [0.1, 0.15) is 5.75 Å². The second-order valence-electron chi connectivity index (χ2n) is 4.09. The van der Waals surface area contributed by atoms with E-state index in [1.165, 1.54) is 0 Å². The summed E-state index contributed by atoms with van der Waals surface area (Å²) in [6.45, 7) is 3.67. The van der Waals surface area contributed by atoms with Crippen molar-refractivity contribution in [3.05, 3.63) is 23.8 Å². The largest absolute Gasteiger partial charge is 0.479 e. The molecule has 4 nitrogen and oxygen atoms in total. The fourth-order valence-electron chi connectivity index (χ4n) is 1.84. The summed E-state index contributed by atoms with van der Waals surface area (Å²) in [4.78, 5) is 11.4. The van der Waals surface area contributed by atoms with Crippen molar-refractivity contribution >= 4 is 11.6 Å². The van der Waals surface area contributed by atoms with Gasteiger partial charge in [-0.2, -0.15) is 5.26 Å². The maximum absolute atomic E-state index is 11.4. The second kappa shape index (κ2) is 4.46. The Kier molecular flexibility index (Phi) is 3.01. The highest BCUT2D eigenvalue weighted by Gasteiger charge is 2.24. The Hall–Kier alpha value is -2.02. The lowest BCUT2D eigenvalue weighted by Crippen LogP contribution is -2.34. The van der Waals surface area contributed by atoms with Crippen LogP contribution < -0.4 is 10.1 Å². The van der Waals surface area contributed by atoms with Crippen LogP contribution in [0.5, 0.6) is 5.75 Å². The van der Waals surface area contributed by atoms with Crippen molar-refractivity contribution in [3.8, 4) is 11.8 Å². The molecule has 1 aliphatic heterocycles. The first-order chi connectivity index (χ1) is 8.15. The van der Waals surface area contributed by atoms with Gasteiger partial charge in [-0.3, -0.25) is 4.79 Å². The molecule has 0 bridgehead atoms. The molecule has 1 amide bonds. The van der Waals surface area contributed by atoms with E-state index in [2.05, 4.69) is 11.4 Å². The van der Waals surface area contributed by atoms with E-state index in [0.717, 1.165) is 12.0 Å². The normalized spacial score (nSPS) is 19.6. The van der Waals surface area contributed by atoms with E-state index >= 15 is 0 Å². The summed E-state index contributed by atoms with van der Waals surface area (Å²) in [6, 6.07) is 7.73. The van der Waals surface area contributed by atoms with E-state index in [1.54, 1.807) is 13.0 Å². The van der Waals surface area contributed by atoms with E-state index in [0.29, 0.717) is 11.4 Å². The van der Waals surface area contributed by atoms with Gasteiger partial charge in [0.25, 0.3) is 5.91 Å². The molecule has 2 unspecified atom stereocenters. The summed E-state index contributed by atoms with van der Waals surface area (Å²) in [5.74, 6) is 0.373. The van der Waals surface area contributed by atoms with E-state index in [4.69, 9.17) is 10.00 Å². The summed E-state index contributed by atoms with van der Waals surface area (Å²) in [5.41, 5.74) is 1.60. The number of fused-ring (bicyclic) bond motifs is 1. The minimum absolute atomic E-state index is 0.128. The van der Waals surface area contributed by atoms with Crippen LogP contribution in [0, 0.1) is 11.3 Å². The molecule has 0 fully saturated rings. The molecule has 1 N–H and O–H groups in total. The molecule has 0 saturated carbocycles. The van der Waals surface area contributed by atoms with Gasteiger partial charge in [-0.05, 0) is 31.0 Å². The first-order valence-electron chi connectivity index (χ1n) is 5.66.